The number of Topliss-reactive ketones (excluding diaryl/α,β-unsaturated/α-hetero) is 1. The van der Waals surface area contributed by atoms with E-state index in [2.05, 4.69) is 10.5 Å². The Morgan fingerprint density at radius 3 is 2.41 bits per heavy atom. The van der Waals surface area contributed by atoms with Crippen LogP contribution in [0, 0.1) is 12.8 Å². The largest absolute Gasteiger partial charge is 0.373 e. The highest BCUT2D eigenvalue weighted by molar-refractivity contribution is 6.24. The molecule has 3 aromatic carbocycles. The molecule has 0 radical (unpaired) electrons. The third-order valence-corrected chi connectivity index (χ3v) is 5.55. The Kier molecular flexibility index (Phi) is 3.84. The van der Waals surface area contributed by atoms with Crippen LogP contribution in [0.3, 0.4) is 0 Å². The zero-order valence-electron chi connectivity index (χ0n) is 15.8. The summed E-state index contributed by atoms with van der Waals surface area (Å²) in [5, 5.41) is 7.14. The second-order valence-electron chi connectivity index (χ2n) is 7.33. The van der Waals surface area contributed by atoms with Crippen LogP contribution in [0.5, 0.6) is 0 Å². The second kappa shape index (κ2) is 6.41. The Labute approximate surface area is 168 Å². The molecule has 5 rings (SSSR count). The molecule has 0 unspecified atom stereocenters. The van der Waals surface area contributed by atoms with E-state index in [1.165, 1.54) is 0 Å². The minimum absolute atomic E-state index is 0.200. The fourth-order valence-corrected chi connectivity index (χ4v) is 4.07. The number of para-hydroxylation sites is 1. The summed E-state index contributed by atoms with van der Waals surface area (Å²) in [7, 11) is 0. The van der Waals surface area contributed by atoms with Crippen LogP contribution in [-0.2, 0) is 15.2 Å². The van der Waals surface area contributed by atoms with Gasteiger partial charge in [-0.3, -0.25) is 9.59 Å². The molecule has 1 amide bonds. The average Bonchev–Trinajstić information content (AvgIpc) is 3.28. The van der Waals surface area contributed by atoms with Crippen LogP contribution >= 0.6 is 0 Å². The van der Waals surface area contributed by atoms with Crippen molar-refractivity contribution >= 4 is 23.1 Å². The van der Waals surface area contributed by atoms with Crippen molar-refractivity contribution in [1.29, 1.82) is 0 Å². The normalized spacial score (nSPS) is 22.0. The number of anilines is 1. The predicted octanol–water partition coefficient (Wildman–Crippen LogP) is 4.08. The lowest BCUT2D eigenvalue weighted by Gasteiger charge is -2.26. The SMILES string of the molecule is Cc1ccc(C2=NO[C@]3(C(=O)Nc4ccccc43)[C@H]2C(=O)c2ccccc2)cc1. The summed E-state index contributed by atoms with van der Waals surface area (Å²) in [4.78, 5) is 32.7. The van der Waals surface area contributed by atoms with Gasteiger partial charge in [0.25, 0.3) is 11.5 Å². The number of benzene rings is 3. The number of carbonyl (C=O) groups is 2. The molecule has 1 N–H and O–H groups in total. The van der Waals surface area contributed by atoms with E-state index >= 15 is 0 Å². The first kappa shape index (κ1) is 17.4. The van der Waals surface area contributed by atoms with Crippen molar-refractivity contribution in [3.8, 4) is 0 Å². The Balaban J connectivity index is 1.70. The van der Waals surface area contributed by atoms with Gasteiger partial charge >= 0.3 is 0 Å². The molecule has 0 saturated carbocycles. The summed E-state index contributed by atoms with van der Waals surface area (Å²) in [5.74, 6) is -1.47. The lowest BCUT2D eigenvalue weighted by molar-refractivity contribution is -0.140. The Morgan fingerprint density at radius 2 is 1.66 bits per heavy atom. The van der Waals surface area contributed by atoms with E-state index in [-0.39, 0.29) is 11.7 Å². The van der Waals surface area contributed by atoms with Crippen molar-refractivity contribution in [1.82, 2.24) is 0 Å². The number of nitrogens with one attached hydrogen (secondary N) is 1. The molecule has 0 aliphatic carbocycles. The second-order valence-corrected chi connectivity index (χ2v) is 7.33. The molecular weight excluding hydrogens is 364 g/mol. The number of amides is 1. The van der Waals surface area contributed by atoms with E-state index in [4.69, 9.17) is 4.84 Å². The van der Waals surface area contributed by atoms with E-state index in [0.717, 1.165) is 11.1 Å². The number of carbonyl (C=O) groups excluding carboxylic acids is 2. The number of fused-ring (bicyclic) bond motifs is 2. The number of ketones is 1. The molecule has 2 heterocycles. The molecule has 0 saturated heterocycles. The van der Waals surface area contributed by atoms with Gasteiger partial charge < -0.3 is 10.2 Å². The Bertz CT molecular complexity index is 1150. The lowest BCUT2D eigenvalue weighted by Crippen LogP contribution is -2.46. The van der Waals surface area contributed by atoms with Gasteiger partial charge in [-0.05, 0) is 13.0 Å². The van der Waals surface area contributed by atoms with Crippen molar-refractivity contribution < 1.29 is 14.4 Å². The molecule has 142 valence electrons. The fourth-order valence-electron chi connectivity index (χ4n) is 4.07. The third kappa shape index (κ3) is 2.51. The van der Waals surface area contributed by atoms with E-state index in [0.29, 0.717) is 22.5 Å². The van der Waals surface area contributed by atoms with Gasteiger partial charge in [0.05, 0.1) is 0 Å². The first-order chi connectivity index (χ1) is 14.1. The molecule has 5 heteroatoms. The molecule has 0 aromatic heterocycles. The number of oxime groups is 1. The summed E-state index contributed by atoms with van der Waals surface area (Å²) in [6.45, 7) is 1.99. The molecule has 2 atom stereocenters. The summed E-state index contributed by atoms with van der Waals surface area (Å²) in [5.41, 5.74) is 2.60. The van der Waals surface area contributed by atoms with Gasteiger partial charge in [-0.1, -0.05) is 83.5 Å². The van der Waals surface area contributed by atoms with Crippen LogP contribution in [-0.4, -0.2) is 17.4 Å². The highest BCUT2D eigenvalue weighted by Gasteiger charge is 2.63. The Morgan fingerprint density at radius 1 is 0.966 bits per heavy atom. The fraction of sp³-hybridized carbons (Fsp3) is 0.125. The first-order valence-electron chi connectivity index (χ1n) is 9.44. The highest BCUT2D eigenvalue weighted by atomic mass is 16.7. The van der Waals surface area contributed by atoms with Crippen molar-refractivity contribution in [2.24, 2.45) is 11.1 Å². The molecule has 2 aliphatic heterocycles. The third-order valence-electron chi connectivity index (χ3n) is 5.55. The first-order valence-corrected chi connectivity index (χ1v) is 9.44. The number of rotatable bonds is 3. The molecule has 29 heavy (non-hydrogen) atoms. The van der Waals surface area contributed by atoms with Gasteiger partial charge in [0, 0.05) is 22.4 Å². The quantitative estimate of drug-likeness (QED) is 0.694. The minimum atomic E-state index is -1.51. The summed E-state index contributed by atoms with van der Waals surface area (Å²) in [6.07, 6.45) is 0. The van der Waals surface area contributed by atoms with Gasteiger partial charge in [-0.2, -0.15) is 0 Å². The maximum Gasteiger partial charge on any atom is 0.277 e. The number of aryl methyl sites for hydroxylation is 1. The summed E-state index contributed by atoms with van der Waals surface area (Å²) >= 11 is 0. The van der Waals surface area contributed by atoms with Crippen LogP contribution < -0.4 is 5.32 Å². The molecule has 5 nitrogen and oxygen atoms in total. The molecule has 3 aromatic rings. The molecule has 0 fully saturated rings. The van der Waals surface area contributed by atoms with E-state index in [1.807, 2.05) is 55.5 Å². The van der Waals surface area contributed by atoms with Crippen LogP contribution in [0.2, 0.25) is 0 Å². The van der Waals surface area contributed by atoms with E-state index < -0.39 is 11.5 Å². The highest BCUT2D eigenvalue weighted by Crippen LogP contribution is 2.49. The lowest BCUT2D eigenvalue weighted by atomic mass is 9.74. The molecule has 0 bridgehead atoms. The summed E-state index contributed by atoms with van der Waals surface area (Å²) in [6, 6.07) is 24.0. The smallest absolute Gasteiger partial charge is 0.277 e. The van der Waals surface area contributed by atoms with E-state index in [9.17, 15) is 9.59 Å². The van der Waals surface area contributed by atoms with Crippen molar-refractivity contribution in [3.63, 3.8) is 0 Å². The van der Waals surface area contributed by atoms with Gasteiger partial charge in [-0.15, -0.1) is 0 Å². The van der Waals surface area contributed by atoms with Crippen LogP contribution in [0.4, 0.5) is 5.69 Å². The Hall–Kier alpha value is -3.73. The van der Waals surface area contributed by atoms with E-state index in [1.54, 1.807) is 30.3 Å². The predicted molar refractivity (Wildman–Crippen MR) is 110 cm³/mol. The molecular formula is C24H18N2O3. The average molecular weight is 382 g/mol. The van der Waals surface area contributed by atoms with Gasteiger partial charge in [0.2, 0.25) is 0 Å². The van der Waals surface area contributed by atoms with Crippen LogP contribution in [0.15, 0.2) is 84.0 Å². The number of nitrogens with zero attached hydrogens (tertiary/aromatic N) is 1. The van der Waals surface area contributed by atoms with Crippen LogP contribution in [0.25, 0.3) is 0 Å². The number of hydrogen-bond acceptors (Lipinski definition) is 4. The topological polar surface area (TPSA) is 67.8 Å². The van der Waals surface area contributed by atoms with Crippen molar-refractivity contribution in [2.45, 2.75) is 12.5 Å². The maximum atomic E-state index is 13.7. The molecule has 2 aliphatic rings. The number of hydrogen-bond donors (Lipinski definition) is 1. The van der Waals surface area contributed by atoms with Crippen molar-refractivity contribution in [3.05, 3.63) is 101 Å². The molecule has 1 spiro atoms. The zero-order valence-corrected chi connectivity index (χ0v) is 15.8. The minimum Gasteiger partial charge on any atom is -0.373 e. The van der Waals surface area contributed by atoms with Gasteiger partial charge in [0.15, 0.2) is 5.78 Å². The zero-order chi connectivity index (χ0) is 20.0. The maximum absolute atomic E-state index is 13.7. The van der Waals surface area contributed by atoms with Crippen LogP contribution in [0.1, 0.15) is 27.0 Å². The van der Waals surface area contributed by atoms with Gasteiger partial charge in [-0.25, -0.2) is 0 Å². The van der Waals surface area contributed by atoms with Crippen molar-refractivity contribution in [2.75, 3.05) is 5.32 Å². The monoisotopic (exact) mass is 382 g/mol. The standard InChI is InChI=1S/C24H18N2O3/c1-15-11-13-16(14-12-15)21-20(22(27)17-7-3-2-4-8-17)24(29-26-21)18-9-5-6-10-19(18)25-23(24)28/h2-14,20H,1H3,(H,25,28)/t20-,24+/m1/s1. The van der Waals surface area contributed by atoms with Gasteiger partial charge in [0.1, 0.15) is 11.6 Å². The summed E-state index contributed by atoms with van der Waals surface area (Å²) < 4.78 is 0.